The summed E-state index contributed by atoms with van der Waals surface area (Å²) in [5.41, 5.74) is 1.16. The Kier molecular flexibility index (Phi) is 4.84. The van der Waals surface area contributed by atoms with E-state index in [4.69, 9.17) is 4.74 Å². The zero-order chi connectivity index (χ0) is 11.1. The smallest absolute Gasteiger partial charge is 0.311 e. The van der Waals surface area contributed by atoms with E-state index in [1.165, 1.54) is 0 Å². The minimum absolute atomic E-state index is 0.172. The molecule has 0 unspecified atom stereocenters. The SMILES string of the molecule is CNCCCC(=O)Oc1ccc(C)cc1. The molecule has 3 nitrogen and oxygen atoms in total. The molecular weight excluding hydrogens is 190 g/mol. The van der Waals surface area contributed by atoms with E-state index in [9.17, 15) is 4.79 Å². The van der Waals surface area contributed by atoms with Gasteiger partial charge in [0.25, 0.3) is 0 Å². The van der Waals surface area contributed by atoms with E-state index in [0.717, 1.165) is 18.5 Å². The van der Waals surface area contributed by atoms with Crippen molar-refractivity contribution in [3.63, 3.8) is 0 Å². The Bertz CT molecular complexity index is 306. The number of hydrogen-bond acceptors (Lipinski definition) is 3. The van der Waals surface area contributed by atoms with E-state index >= 15 is 0 Å². The van der Waals surface area contributed by atoms with Crippen LogP contribution < -0.4 is 10.1 Å². The summed E-state index contributed by atoms with van der Waals surface area (Å²) in [6.07, 6.45) is 1.26. The van der Waals surface area contributed by atoms with Crippen molar-refractivity contribution in [3.8, 4) is 5.75 Å². The van der Waals surface area contributed by atoms with Gasteiger partial charge in [0, 0.05) is 6.42 Å². The first kappa shape index (κ1) is 11.7. The molecule has 0 bridgehead atoms. The van der Waals surface area contributed by atoms with Crippen molar-refractivity contribution in [2.24, 2.45) is 0 Å². The molecule has 0 radical (unpaired) electrons. The standard InChI is InChI=1S/C12H17NO2/c1-10-5-7-11(8-6-10)15-12(14)4-3-9-13-2/h5-8,13H,3-4,9H2,1-2H3. The summed E-state index contributed by atoms with van der Waals surface area (Å²) in [6.45, 7) is 2.83. The summed E-state index contributed by atoms with van der Waals surface area (Å²) < 4.78 is 5.15. The number of benzene rings is 1. The molecule has 1 aromatic rings. The molecule has 82 valence electrons. The van der Waals surface area contributed by atoms with Gasteiger partial charge in [-0.1, -0.05) is 17.7 Å². The second-order valence-electron chi connectivity index (χ2n) is 3.49. The Morgan fingerprint density at radius 2 is 2.00 bits per heavy atom. The van der Waals surface area contributed by atoms with Crippen LogP contribution in [0.5, 0.6) is 5.75 Å². The van der Waals surface area contributed by atoms with Crippen LogP contribution >= 0.6 is 0 Å². The van der Waals surface area contributed by atoms with Crippen LogP contribution in [-0.2, 0) is 4.79 Å². The number of nitrogens with one attached hydrogen (secondary N) is 1. The Morgan fingerprint density at radius 1 is 1.33 bits per heavy atom. The van der Waals surface area contributed by atoms with E-state index in [2.05, 4.69) is 5.32 Å². The lowest BCUT2D eigenvalue weighted by Gasteiger charge is -2.04. The molecule has 0 saturated carbocycles. The fourth-order valence-corrected chi connectivity index (χ4v) is 1.20. The molecule has 0 atom stereocenters. The van der Waals surface area contributed by atoms with Gasteiger partial charge in [-0.15, -0.1) is 0 Å². The second kappa shape index (κ2) is 6.19. The van der Waals surface area contributed by atoms with Crippen molar-refractivity contribution in [1.29, 1.82) is 0 Å². The molecule has 1 N–H and O–H groups in total. The number of hydrogen-bond donors (Lipinski definition) is 1. The summed E-state index contributed by atoms with van der Waals surface area (Å²) in [7, 11) is 1.87. The fraction of sp³-hybridized carbons (Fsp3) is 0.417. The summed E-state index contributed by atoms with van der Waals surface area (Å²) >= 11 is 0. The van der Waals surface area contributed by atoms with E-state index < -0.39 is 0 Å². The molecule has 0 saturated heterocycles. The molecule has 0 heterocycles. The van der Waals surface area contributed by atoms with Gasteiger partial charge >= 0.3 is 5.97 Å². The van der Waals surface area contributed by atoms with E-state index in [0.29, 0.717) is 12.2 Å². The molecule has 15 heavy (non-hydrogen) atoms. The molecule has 0 aliphatic rings. The highest BCUT2D eigenvalue weighted by Gasteiger charge is 2.03. The predicted octanol–water partition coefficient (Wildman–Crippen LogP) is 1.90. The average Bonchev–Trinajstić information content (AvgIpc) is 2.22. The molecule has 0 aliphatic heterocycles. The number of aryl methyl sites for hydroxylation is 1. The Morgan fingerprint density at radius 3 is 2.60 bits per heavy atom. The van der Waals surface area contributed by atoms with Crippen LogP contribution in [0.25, 0.3) is 0 Å². The van der Waals surface area contributed by atoms with Gasteiger partial charge in [0.15, 0.2) is 0 Å². The number of carbonyl (C=O) groups is 1. The molecule has 3 heteroatoms. The van der Waals surface area contributed by atoms with Gasteiger partial charge in [-0.25, -0.2) is 0 Å². The predicted molar refractivity (Wildman–Crippen MR) is 60.0 cm³/mol. The number of carbonyl (C=O) groups excluding carboxylic acids is 1. The molecule has 1 rings (SSSR count). The monoisotopic (exact) mass is 207 g/mol. The third-order valence-electron chi connectivity index (χ3n) is 2.06. The quantitative estimate of drug-likeness (QED) is 0.455. The van der Waals surface area contributed by atoms with Gasteiger partial charge < -0.3 is 10.1 Å². The van der Waals surface area contributed by atoms with Crippen LogP contribution in [0.15, 0.2) is 24.3 Å². The highest BCUT2D eigenvalue weighted by molar-refractivity contribution is 5.72. The maximum Gasteiger partial charge on any atom is 0.311 e. The van der Waals surface area contributed by atoms with Gasteiger partial charge in [0.1, 0.15) is 5.75 Å². The lowest BCUT2D eigenvalue weighted by Crippen LogP contribution is -2.13. The first-order valence-corrected chi connectivity index (χ1v) is 5.14. The lowest BCUT2D eigenvalue weighted by atomic mass is 10.2. The topological polar surface area (TPSA) is 38.3 Å². The van der Waals surface area contributed by atoms with Crippen LogP contribution in [0, 0.1) is 6.92 Å². The van der Waals surface area contributed by atoms with Crippen LogP contribution in [0.1, 0.15) is 18.4 Å². The summed E-state index contributed by atoms with van der Waals surface area (Å²) in [6, 6.07) is 7.48. The van der Waals surface area contributed by atoms with Crippen molar-refractivity contribution in [3.05, 3.63) is 29.8 Å². The van der Waals surface area contributed by atoms with Crippen molar-refractivity contribution in [1.82, 2.24) is 5.32 Å². The fourth-order valence-electron chi connectivity index (χ4n) is 1.20. The van der Waals surface area contributed by atoms with Crippen LogP contribution in [0.4, 0.5) is 0 Å². The van der Waals surface area contributed by atoms with Crippen molar-refractivity contribution < 1.29 is 9.53 Å². The highest BCUT2D eigenvalue weighted by atomic mass is 16.5. The van der Waals surface area contributed by atoms with Gasteiger partial charge in [0.2, 0.25) is 0 Å². The number of rotatable bonds is 5. The summed E-state index contributed by atoms with van der Waals surface area (Å²) in [5.74, 6) is 0.448. The van der Waals surface area contributed by atoms with Gasteiger partial charge in [0.05, 0.1) is 0 Å². The Balaban J connectivity index is 2.34. The van der Waals surface area contributed by atoms with Crippen LogP contribution in [-0.4, -0.2) is 19.6 Å². The van der Waals surface area contributed by atoms with Crippen molar-refractivity contribution in [2.75, 3.05) is 13.6 Å². The molecule has 1 aromatic carbocycles. The number of esters is 1. The molecular formula is C12H17NO2. The third-order valence-corrected chi connectivity index (χ3v) is 2.06. The largest absolute Gasteiger partial charge is 0.427 e. The zero-order valence-electron chi connectivity index (χ0n) is 9.25. The maximum absolute atomic E-state index is 11.3. The molecule has 0 spiro atoms. The van der Waals surface area contributed by atoms with Crippen LogP contribution in [0.3, 0.4) is 0 Å². The maximum atomic E-state index is 11.3. The van der Waals surface area contributed by atoms with Gasteiger partial charge in [-0.2, -0.15) is 0 Å². The minimum atomic E-state index is -0.172. The Hall–Kier alpha value is -1.35. The second-order valence-corrected chi connectivity index (χ2v) is 3.49. The first-order valence-electron chi connectivity index (χ1n) is 5.14. The van der Waals surface area contributed by atoms with Gasteiger partial charge in [-0.05, 0) is 39.1 Å². The first-order chi connectivity index (χ1) is 7.22. The van der Waals surface area contributed by atoms with Crippen LogP contribution in [0.2, 0.25) is 0 Å². The third kappa shape index (κ3) is 4.61. The highest BCUT2D eigenvalue weighted by Crippen LogP contribution is 2.12. The van der Waals surface area contributed by atoms with Crippen molar-refractivity contribution >= 4 is 5.97 Å². The van der Waals surface area contributed by atoms with E-state index in [1.807, 2.05) is 38.2 Å². The van der Waals surface area contributed by atoms with Gasteiger partial charge in [-0.3, -0.25) is 4.79 Å². The summed E-state index contributed by atoms with van der Waals surface area (Å²) in [5, 5.41) is 2.99. The minimum Gasteiger partial charge on any atom is -0.427 e. The molecule has 0 amide bonds. The Labute approximate surface area is 90.4 Å². The number of ether oxygens (including phenoxy) is 1. The zero-order valence-corrected chi connectivity index (χ0v) is 9.25. The lowest BCUT2D eigenvalue weighted by molar-refractivity contribution is -0.134. The average molecular weight is 207 g/mol. The van der Waals surface area contributed by atoms with E-state index in [1.54, 1.807) is 0 Å². The molecule has 0 aliphatic carbocycles. The normalized spacial score (nSPS) is 10.0. The van der Waals surface area contributed by atoms with E-state index in [-0.39, 0.29) is 5.97 Å². The van der Waals surface area contributed by atoms with Crippen molar-refractivity contribution in [2.45, 2.75) is 19.8 Å². The molecule has 0 fully saturated rings. The molecule has 0 aromatic heterocycles. The summed E-state index contributed by atoms with van der Waals surface area (Å²) in [4.78, 5) is 11.3.